The number of alkyl halides is 2. The molecular weight excluding hydrogens is 278 g/mol. The summed E-state index contributed by atoms with van der Waals surface area (Å²) in [4.78, 5) is 0. The van der Waals surface area contributed by atoms with E-state index in [9.17, 15) is 8.78 Å². The van der Waals surface area contributed by atoms with Gasteiger partial charge in [-0.1, -0.05) is 19.9 Å². The number of ether oxygens (including phenoxy) is 2. The molecule has 21 heavy (non-hydrogen) atoms. The summed E-state index contributed by atoms with van der Waals surface area (Å²) in [5.41, 5.74) is 6.67. The van der Waals surface area contributed by atoms with E-state index in [1.54, 1.807) is 19.1 Å². The Kier molecular flexibility index (Phi) is 7.39. The third kappa shape index (κ3) is 5.85. The first-order valence-electron chi connectivity index (χ1n) is 7.12. The Hall–Kier alpha value is -1.40. The molecule has 4 nitrogen and oxygen atoms in total. The van der Waals surface area contributed by atoms with Crippen molar-refractivity contribution < 1.29 is 18.3 Å². The van der Waals surface area contributed by atoms with Gasteiger partial charge < -0.3 is 20.5 Å². The third-order valence-corrected chi connectivity index (χ3v) is 2.89. The predicted octanol–water partition coefficient (Wildman–Crippen LogP) is 2.93. The molecule has 6 heteroatoms. The molecule has 1 atom stereocenters. The highest BCUT2D eigenvalue weighted by molar-refractivity contribution is 5.44. The predicted molar refractivity (Wildman–Crippen MR) is 78.9 cm³/mol. The van der Waals surface area contributed by atoms with Crippen LogP contribution in [0.3, 0.4) is 0 Å². The lowest BCUT2D eigenvalue weighted by Gasteiger charge is -2.20. The number of rotatable bonds is 9. The van der Waals surface area contributed by atoms with Gasteiger partial charge in [0.05, 0.1) is 6.61 Å². The van der Waals surface area contributed by atoms with E-state index >= 15 is 0 Å². The zero-order valence-corrected chi connectivity index (χ0v) is 12.7. The first-order chi connectivity index (χ1) is 9.97. The zero-order chi connectivity index (χ0) is 15.8. The van der Waals surface area contributed by atoms with Gasteiger partial charge in [-0.3, -0.25) is 0 Å². The maximum absolute atomic E-state index is 12.4. The quantitative estimate of drug-likeness (QED) is 0.736. The molecule has 1 aromatic carbocycles. The number of hydrogen-bond acceptors (Lipinski definition) is 4. The van der Waals surface area contributed by atoms with Crippen LogP contribution in [-0.4, -0.2) is 26.3 Å². The number of nitrogens with one attached hydrogen (secondary N) is 1. The van der Waals surface area contributed by atoms with Gasteiger partial charge in [0.1, 0.15) is 0 Å². The van der Waals surface area contributed by atoms with Crippen LogP contribution in [0.4, 0.5) is 8.78 Å². The lowest BCUT2D eigenvalue weighted by Crippen LogP contribution is -2.31. The SMILES string of the molecule is CCOc1cc(C(CN)NCC(C)C)ccc1OC(F)F. The van der Waals surface area contributed by atoms with E-state index < -0.39 is 6.61 Å². The fourth-order valence-corrected chi connectivity index (χ4v) is 1.92. The summed E-state index contributed by atoms with van der Waals surface area (Å²) in [5.74, 6) is 0.835. The van der Waals surface area contributed by atoms with Gasteiger partial charge in [-0.05, 0) is 37.1 Å². The molecule has 1 rings (SSSR count). The van der Waals surface area contributed by atoms with Crippen LogP contribution >= 0.6 is 0 Å². The Morgan fingerprint density at radius 1 is 1.24 bits per heavy atom. The topological polar surface area (TPSA) is 56.5 Å². The standard InChI is InChI=1S/C15H24F2N2O2/c1-4-20-14-7-11(5-6-13(14)21-15(16)17)12(8-18)19-9-10(2)3/h5-7,10,12,15,19H,4,8-9,18H2,1-3H3. The summed E-state index contributed by atoms with van der Waals surface area (Å²) in [7, 11) is 0. The number of halogens is 2. The molecule has 0 heterocycles. The molecule has 0 amide bonds. The lowest BCUT2D eigenvalue weighted by atomic mass is 10.1. The summed E-state index contributed by atoms with van der Waals surface area (Å²) in [6, 6.07) is 4.87. The van der Waals surface area contributed by atoms with Crippen LogP contribution in [0.2, 0.25) is 0 Å². The van der Waals surface area contributed by atoms with Crippen molar-refractivity contribution >= 4 is 0 Å². The van der Waals surface area contributed by atoms with Crippen LogP contribution in [0, 0.1) is 5.92 Å². The second kappa shape index (κ2) is 8.79. The molecule has 0 aromatic heterocycles. The van der Waals surface area contributed by atoms with Crippen LogP contribution in [-0.2, 0) is 0 Å². The molecule has 0 aliphatic carbocycles. The van der Waals surface area contributed by atoms with Gasteiger partial charge >= 0.3 is 6.61 Å². The molecule has 120 valence electrons. The molecule has 0 saturated carbocycles. The third-order valence-electron chi connectivity index (χ3n) is 2.89. The summed E-state index contributed by atoms with van der Waals surface area (Å²) < 4.78 is 34.6. The lowest BCUT2D eigenvalue weighted by molar-refractivity contribution is -0.0514. The molecule has 0 saturated heterocycles. The van der Waals surface area contributed by atoms with E-state index in [-0.39, 0.29) is 11.8 Å². The molecule has 0 fully saturated rings. The maximum Gasteiger partial charge on any atom is 0.387 e. The molecule has 0 spiro atoms. The summed E-state index contributed by atoms with van der Waals surface area (Å²) in [6.07, 6.45) is 0. The second-order valence-corrected chi connectivity index (χ2v) is 5.11. The normalized spacial score (nSPS) is 12.8. The highest BCUT2D eigenvalue weighted by atomic mass is 19.3. The van der Waals surface area contributed by atoms with Gasteiger partial charge in [0.15, 0.2) is 11.5 Å². The Morgan fingerprint density at radius 3 is 2.48 bits per heavy atom. The van der Waals surface area contributed by atoms with Gasteiger partial charge in [-0.2, -0.15) is 8.78 Å². The van der Waals surface area contributed by atoms with Crippen molar-refractivity contribution in [3.05, 3.63) is 23.8 Å². The van der Waals surface area contributed by atoms with E-state index in [1.807, 2.05) is 0 Å². The molecule has 0 aliphatic heterocycles. The number of nitrogens with two attached hydrogens (primary N) is 1. The highest BCUT2D eigenvalue weighted by Crippen LogP contribution is 2.31. The molecule has 1 aromatic rings. The van der Waals surface area contributed by atoms with Crippen LogP contribution in [0.15, 0.2) is 18.2 Å². The maximum atomic E-state index is 12.4. The fourth-order valence-electron chi connectivity index (χ4n) is 1.92. The number of hydrogen-bond donors (Lipinski definition) is 2. The van der Waals surface area contributed by atoms with Crippen LogP contribution in [0.1, 0.15) is 32.4 Å². The highest BCUT2D eigenvalue weighted by Gasteiger charge is 2.15. The van der Waals surface area contributed by atoms with E-state index in [0.29, 0.717) is 24.8 Å². The van der Waals surface area contributed by atoms with Gasteiger partial charge in [-0.25, -0.2) is 0 Å². The van der Waals surface area contributed by atoms with Gasteiger partial charge in [-0.15, -0.1) is 0 Å². The van der Waals surface area contributed by atoms with Crippen molar-refractivity contribution in [2.45, 2.75) is 33.4 Å². The Balaban J connectivity index is 2.93. The molecule has 1 unspecified atom stereocenters. The van der Waals surface area contributed by atoms with E-state index in [0.717, 1.165) is 12.1 Å². The monoisotopic (exact) mass is 302 g/mol. The van der Waals surface area contributed by atoms with Crippen molar-refractivity contribution in [1.82, 2.24) is 5.32 Å². The second-order valence-electron chi connectivity index (χ2n) is 5.11. The Labute approximate surface area is 124 Å². The Morgan fingerprint density at radius 2 is 1.95 bits per heavy atom. The van der Waals surface area contributed by atoms with Crippen molar-refractivity contribution in [2.75, 3.05) is 19.7 Å². The molecule has 0 aliphatic rings. The smallest absolute Gasteiger partial charge is 0.387 e. The first-order valence-corrected chi connectivity index (χ1v) is 7.12. The largest absolute Gasteiger partial charge is 0.490 e. The fraction of sp³-hybridized carbons (Fsp3) is 0.600. The summed E-state index contributed by atoms with van der Waals surface area (Å²) in [6.45, 7) is 4.72. The average molecular weight is 302 g/mol. The first kappa shape index (κ1) is 17.7. The molecule has 0 radical (unpaired) electrons. The number of benzene rings is 1. The van der Waals surface area contributed by atoms with Crippen LogP contribution in [0.25, 0.3) is 0 Å². The molecular formula is C15H24F2N2O2. The van der Waals surface area contributed by atoms with E-state index in [1.165, 1.54) is 6.07 Å². The minimum absolute atomic E-state index is 0.0373. The molecule has 0 bridgehead atoms. The van der Waals surface area contributed by atoms with Crippen molar-refractivity contribution in [3.8, 4) is 11.5 Å². The molecule has 3 N–H and O–H groups in total. The zero-order valence-electron chi connectivity index (χ0n) is 12.7. The van der Waals surface area contributed by atoms with Gasteiger partial charge in [0.2, 0.25) is 0 Å². The van der Waals surface area contributed by atoms with Gasteiger partial charge in [0, 0.05) is 12.6 Å². The Bertz CT molecular complexity index is 428. The van der Waals surface area contributed by atoms with Crippen molar-refractivity contribution in [1.29, 1.82) is 0 Å². The van der Waals surface area contributed by atoms with Crippen LogP contribution in [0.5, 0.6) is 11.5 Å². The van der Waals surface area contributed by atoms with Crippen LogP contribution < -0.4 is 20.5 Å². The van der Waals surface area contributed by atoms with Crippen molar-refractivity contribution in [3.63, 3.8) is 0 Å². The summed E-state index contributed by atoms with van der Waals surface area (Å²) >= 11 is 0. The summed E-state index contributed by atoms with van der Waals surface area (Å²) in [5, 5.41) is 3.35. The minimum atomic E-state index is -2.88. The van der Waals surface area contributed by atoms with Crippen molar-refractivity contribution in [2.24, 2.45) is 11.7 Å². The van der Waals surface area contributed by atoms with E-state index in [2.05, 4.69) is 23.9 Å². The minimum Gasteiger partial charge on any atom is -0.490 e. The van der Waals surface area contributed by atoms with E-state index in [4.69, 9.17) is 10.5 Å². The van der Waals surface area contributed by atoms with Gasteiger partial charge in [0.25, 0.3) is 0 Å². The average Bonchev–Trinajstić information content (AvgIpc) is 2.41.